The summed E-state index contributed by atoms with van der Waals surface area (Å²) in [6.45, 7) is -0.449. The van der Waals surface area contributed by atoms with Crippen LogP contribution in [0.1, 0.15) is 15.9 Å². The first kappa shape index (κ1) is 19.9. The fourth-order valence-electron chi connectivity index (χ4n) is 2.68. The van der Waals surface area contributed by atoms with Crippen LogP contribution in [-0.4, -0.2) is 49.0 Å². The summed E-state index contributed by atoms with van der Waals surface area (Å²) < 4.78 is 10.1. The number of benzene rings is 2. The third-order valence-corrected chi connectivity index (χ3v) is 4.15. The van der Waals surface area contributed by atoms with Crippen molar-refractivity contribution in [2.45, 2.75) is 6.54 Å². The molecular formula is C20H19N3O6. The SMILES string of the molecule is COc1ccc(NC(=O)COC(=O)c2cccc(CN3C(=O)CNC3=O)c2)cc1. The fraction of sp³-hybridized carbons (Fsp3) is 0.200. The Morgan fingerprint density at radius 3 is 2.55 bits per heavy atom. The molecule has 150 valence electrons. The number of imide groups is 1. The van der Waals surface area contributed by atoms with Crippen LogP contribution in [0, 0.1) is 0 Å². The summed E-state index contributed by atoms with van der Waals surface area (Å²) in [7, 11) is 1.54. The quantitative estimate of drug-likeness (QED) is 0.541. The van der Waals surface area contributed by atoms with Crippen LogP contribution in [0.25, 0.3) is 0 Å². The van der Waals surface area contributed by atoms with Crippen LogP contribution in [0.4, 0.5) is 10.5 Å². The molecule has 1 aliphatic heterocycles. The van der Waals surface area contributed by atoms with Crippen LogP contribution in [0.3, 0.4) is 0 Å². The molecule has 0 unspecified atom stereocenters. The zero-order valence-electron chi connectivity index (χ0n) is 15.6. The van der Waals surface area contributed by atoms with Gasteiger partial charge in [-0.05, 0) is 42.0 Å². The van der Waals surface area contributed by atoms with Crippen molar-refractivity contribution in [2.75, 3.05) is 25.6 Å². The van der Waals surface area contributed by atoms with Crippen LogP contribution in [0.15, 0.2) is 48.5 Å². The minimum atomic E-state index is -0.686. The normalized spacial score (nSPS) is 13.1. The molecule has 9 nitrogen and oxygen atoms in total. The Hall–Kier alpha value is -3.88. The Kier molecular flexibility index (Phi) is 6.08. The highest BCUT2D eigenvalue weighted by molar-refractivity contribution is 6.02. The van der Waals surface area contributed by atoms with E-state index >= 15 is 0 Å². The minimum absolute atomic E-state index is 0.0378. The second kappa shape index (κ2) is 8.87. The molecule has 0 saturated carbocycles. The lowest BCUT2D eigenvalue weighted by Crippen LogP contribution is -2.30. The topological polar surface area (TPSA) is 114 Å². The van der Waals surface area contributed by atoms with Crippen molar-refractivity contribution in [2.24, 2.45) is 0 Å². The molecule has 1 heterocycles. The van der Waals surface area contributed by atoms with E-state index < -0.39 is 24.5 Å². The number of methoxy groups -OCH3 is 1. The van der Waals surface area contributed by atoms with E-state index in [-0.39, 0.29) is 24.6 Å². The van der Waals surface area contributed by atoms with E-state index in [1.165, 1.54) is 12.1 Å². The first-order chi connectivity index (χ1) is 14.0. The highest BCUT2D eigenvalue weighted by Crippen LogP contribution is 2.15. The van der Waals surface area contributed by atoms with Crippen molar-refractivity contribution in [3.05, 3.63) is 59.7 Å². The molecule has 0 atom stereocenters. The largest absolute Gasteiger partial charge is 0.497 e. The van der Waals surface area contributed by atoms with E-state index in [0.717, 1.165) is 4.90 Å². The molecule has 0 aliphatic carbocycles. The third-order valence-electron chi connectivity index (χ3n) is 4.15. The monoisotopic (exact) mass is 397 g/mol. The molecule has 0 radical (unpaired) electrons. The second-order valence-electron chi connectivity index (χ2n) is 6.19. The van der Waals surface area contributed by atoms with Gasteiger partial charge in [-0.15, -0.1) is 0 Å². The average molecular weight is 397 g/mol. The standard InChI is InChI=1S/C20H19N3O6/c1-28-16-7-5-15(6-8-16)22-17(24)12-29-19(26)14-4-2-3-13(9-14)11-23-18(25)10-21-20(23)27/h2-9H,10-12H2,1H3,(H,21,27)(H,22,24). The molecule has 0 spiro atoms. The number of hydrogen-bond donors (Lipinski definition) is 2. The smallest absolute Gasteiger partial charge is 0.338 e. The lowest BCUT2D eigenvalue weighted by Gasteiger charge is -2.13. The van der Waals surface area contributed by atoms with Crippen molar-refractivity contribution < 1.29 is 28.7 Å². The molecule has 2 aromatic carbocycles. The van der Waals surface area contributed by atoms with E-state index in [4.69, 9.17) is 9.47 Å². The number of urea groups is 1. The lowest BCUT2D eigenvalue weighted by atomic mass is 10.1. The maximum Gasteiger partial charge on any atom is 0.338 e. The van der Waals surface area contributed by atoms with Gasteiger partial charge in [0.15, 0.2) is 6.61 Å². The van der Waals surface area contributed by atoms with Gasteiger partial charge >= 0.3 is 12.0 Å². The van der Waals surface area contributed by atoms with Gasteiger partial charge in [0.25, 0.3) is 5.91 Å². The van der Waals surface area contributed by atoms with Gasteiger partial charge in [0.1, 0.15) is 5.75 Å². The van der Waals surface area contributed by atoms with Crippen LogP contribution in [0.2, 0.25) is 0 Å². The number of esters is 1. The number of carbonyl (C=O) groups excluding carboxylic acids is 4. The highest BCUT2D eigenvalue weighted by Gasteiger charge is 2.28. The fourth-order valence-corrected chi connectivity index (χ4v) is 2.68. The van der Waals surface area contributed by atoms with E-state index in [9.17, 15) is 19.2 Å². The van der Waals surface area contributed by atoms with Crippen LogP contribution in [0.5, 0.6) is 5.75 Å². The number of nitrogens with zero attached hydrogens (tertiary/aromatic N) is 1. The van der Waals surface area contributed by atoms with Crippen molar-refractivity contribution in [3.8, 4) is 5.75 Å². The molecule has 3 rings (SSSR count). The summed E-state index contributed by atoms with van der Waals surface area (Å²) in [5, 5.41) is 5.04. The summed E-state index contributed by atoms with van der Waals surface area (Å²) in [5.41, 5.74) is 1.35. The average Bonchev–Trinajstić information content (AvgIpc) is 3.05. The Morgan fingerprint density at radius 2 is 1.90 bits per heavy atom. The minimum Gasteiger partial charge on any atom is -0.497 e. The van der Waals surface area contributed by atoms with Crippen molar-refractivity contribution in [3.63, 3.8) is 0 Å². The van der Waals surface area contributed by atoms with Gasteiger partial charge in [0, 0.05) is 5.69 Å². The summed E-state index contributed by atoms with van der Waals surface area (Å²) in [5.74, 6) is -0.853. The van der Waals surface area contributed by atoms with Crippen molar-refractivity contribution in [1.29, 1.82) is 0 Å². The van der Waals surface area contributed by atoms with Gasteiger partial charge in [0.05, 0.1) is 25.8 Å². The zero-order valence-corrected chi connectivity index (χ0v) is 15.6. The molecular weight excluding hydrogens is 378 g/mol. The first-order valence-corrected chi connectivity index (χ1v) is 8.74. The number of hydrogen-bond acceptors (Lipinski definition) is 6. The molecule has 1 fully saturated rings. The predicted molar refractivity (Wildman–Crippen MR) is 102 cm³/mol. The molecule has 2 N–H and O–H groups in total. The summed E-state index contributed by atoms with van der Waals surface area (Å²) >= 11 is 0. The zero-order chi connectivity index (χ0) is 20.8. The van der Waals surface area contributed by atoms with E-state index in [1.54, 1.807) is 43.5 Å². The van der Waals surface area contributed by atoms with Gasteiger partial charge in [0.2, 0.25) is 5.91 Å². The maximum atomic E-state index is 12.2. The van der Waals surface area contributed by atoms with Gasteiger partial charge in [-0.25, -0.2) is 9.59 Å². The Balaban J connectivity index is 1.54. The van der Waals surface area contributed by atoms with Crippen LogP contribution >= 0.6 is 0 Å². The molecule has 9 heteroatoms. The van der Waals surface area contributed by atoms with Gasteiger partial charge in [-0.3, -0.25) is 14.5 Å². The number of nitrogens with one attached hydrogen (secondary N) is 2. The number of carbonyl (C=O) groups is 4. The van der Waals surface area contributed by atoms with E-state index in [0.29, 0.717) is 17.0 Å². The molecule has 4 amide bonds. The molecule has 2 aromatic rings. The third kappa shape index (κ3) is 5.10. The number of rotatable bonds is 7. The summed E-state index contributed by atoms with van der Waals surface area (Å²) in [6.07, 6.45) is 0. The molecule has 29 heavy (non-hydrogen) atoms. The van der Waals surface area contributed by atoms with Gasteiger partial charge in [-0.1, -0.05) is 12.1 Å². The molecule has 0 aromatic heterocycles. The number of anilines is 1. The number of ether oxygens (including phenoxy) is 2. The second-order valence-corrected chi connectivity index (χ2v) is 6.19. The van der Waals surface area contributed by atoms with Gasteiger partial charge < -0.3 is 20.1 Å². The Bertz CT molecular complexity index is 925. The summed E-state index contributed by atoms with van der Waals surface area (Å²) in [4.78, 5) is 48.5. The van der Waals surface area contributed by atoms with Crippen LogP contribution in [-0.2, 0) is 20.9 Å². The summed E-state index contributed by atoms with van der Waals surface area (Å²) in [6, 6.07) is 12.6. The predicted octanol–water partition coefficient (Wildman–Crippen LogP) is 1.54. The molecule has 1 aliphatic rings. The van der Waals surface area contributed by atoms with Gasteiger partial charge in [-0.2, -0.15) is 0 Å². The Morgan fingerprint density at radius 1 is 1.14 bits per heavy atom. The van der Waals surface area contributed by atoms with Crippen LogP contribution < -0.4 is 15.4 Å². The van der Waals surface area contributed by atoms with E-state index in [1.807, 2.05) is 0 Å². The lowest BCUT2D eigenvalue weighted by molar-refractivity contribution is -0.125. The Labute approximate surface area is 166 Å². The highest BCUT2D eigenvalue weighted by atomic mass is 16.5. The maximum absolute atomic E-state index is 12.2. The van der Waals surface area contributed by atoms with Crippen molar-refractivity contribution >= 4 is 29.5 Å². The first-order valence-electron chi connectivity index (χ1n) is 8.74. The molecule has 0 bridgehead atoms. The number of amides is 4. The molecule has 1 saturated heterocycles. The van der Waals surface area contributed by atoms with Crippen molar-refractivity contribution in [1.82, 2.24) is 10.2 Å². The van der Waals surface area contributed by atoms with E-state index in [2.05, 4.69) is 10.6 Å².